The van der Waals surface area contributed by atoms with Crippen molar-refractivity contribution in [3.63, 3.8) is 0 Å². The van der Waals surface area contributed by atoms with Crippen LogP contribution in [0.3, 0.4) is 0 Å². The molecule has 1 aliphatic rings. The first-order valence-electron chi connectivity index (χ1n) is 9.05. The Morgan fingerprint density at radius 3 is 2.07 bits per heavy atom. The lowest BCUT2D eigenvalue weighted by Crippen LogP contribution is -2.41. The SMILES string of the molecule is COc1ccc(COc2ccccc2B2OC(C)(C)C(C)(C)O2)cc1OC. The van der Waals surface area contributed by atoms with Crippen LogP contribution in [0, 0.1) is 0 Å². The van der Waals surface area contributed by atoms with E-state index in [0.717, 1.165) is 16.8 Å². The van der Waals surface area contributed by atoms with Crippen LogP contribution in [0.5, 0.6) is 17.2 Å². The summed E-state index contributed by atoms with van der Waals surface area (Å²) in [5.41, 5.74) is 1.08. The second-order valence-electron chi connectivity index (χ2n) is 7.60. The predicted molar refractivity (Wildman–Crippen MR) is 106 cm³/mol. The first kappa shape index (κ1) is 19.6. The fraction of sp³-hybridized carbons (Fsp3) is 0.429. The highest BCUT2D eigenvalue weighted by Crippen LogP contribution is 2.37. The molecule has 3 rings (SSSR count). The number of benzene rings is 2. The van der Waals surface area contributed by atoms with Gasteiger partial charge >= 0.3 is 7.12 Å². The summed E-state index contributed by atoms with van der Waals surface area (Å²) in [6.07, 6.45) is 0. The average Bonchev–Trinajstić information content (AvgIpc) is 2.87. The van der Waals surface area contributed by atoms with Gasteiger partial charge in [-0.2, -0.15) is 0 Å². The van der Waals surface area contributed by atoms with E-state index in [1.807, 2.05) is 70.2 Å². The summed E-state index contributed by atoms with van der Waals surface area (Å²) in [7, 11) is 2.78. The third kappa shape index (κ3) is 3.92. The van der Waals surface area contributed by atoms with Crippen LogP contribution < -0.4 is 19.7 Å². The van der Waals surface area contributed by atoms with Gasteiger partial charge in [-0.25, -0.2) is 0 Å². The number of methoxy groups -OCH3 is 2. The van der Waals surface area contributed by atoms with Crippen molar-refractivity contribution in [2.24, 2.45) is 0 Å². The second kappa shape index (κ2) is 7.45. The number of hydrogen-bond acceptors (Lipinski definition) is 5. The third-order valence-electron chi connectivity index (χ3n) is 5.27. The summed E-state index contributed by atoms with van der Waals surface area (Å²) >= 11 is 0. The largest absolute Gasteiger partial charge is 0.498 e. The van der Waals surface area contributed by atoms with Crippen molar-refractivity contribution in [3.8, 4) is 17.2 Å². The molecule has 0 aromatic heterocycles. The molecule has 0 atom stereocenters. The van der Waals surface area contributed by atoms with E-state index < -0.39 is 18.3 Å². The van der Waals surface area contributed by atoms with Crippen LogP contribution in [0.25, 0.3) is 0 Å². The first-order chi connectivity index (χ1) is 12.8. The molecule has 0 amide bonds. The van der Waals surface area contributed by atoms with Crippen molar-refractivity contribution in [2.45, 2.75) is 45.5 Å². The number of ether oxygens (including phenoxy) is 3. The van der Waals surface area contributed by atoms with Gasteiger partial charge in [0.1, 0.15) is 12.4 Å². The molecule has 5 nitrogen and oxygen atoms in total. The summed E-state index contributed by atoms with van der Waals surface area (Å²) in [5.74, 6) is 2.11. The standard InChI is InChI=1S/C21H27BO5/c1-20(2)21(3,4)27-22(26-20)16-9-7-8-10-17(16)25-14-15-11-12-18(23-5)19(13-15)24-6/h7-13H,14H2,1-6H3. The van der Waals surface area contributed by atoms with Gasteiger partial charge < -0.3 is 23.5 Å². The quantitative estimate of drug-likeness (QED) is 0.728. The smallest absolute Gasteiger partial charge is 0.493 e. The van der Waals surface area contributed by atoms with Gasteiger partial charge in [0.2, 0.25) is 0 Å². The third-order valence-corrected chi connectivity index (χ3v) is 5.27. The van der Waals surface area contributed by atoms with Gasteiger partial charge in [0.25, 0.3) is 0 Å². The zero-order valence-electron chi connectivity index (χ0n) is 16.9. The molecule has 0 radical (unpaired) electrons. The van der Waals surface area contributed by atoms with Gasteiger partial charge in [0.15, 0.2) is 11.5 Å². The van der Waals surface area contributed by atoms with Crippen LogP contribution in [-0.2, 0) is 15.9 Å². The van der Waals surface area contributed by atoms with Gasteiger partial charge in [-0.1, -0.05) is 24.3 Å². The summed E-state index contributed by atoms with van der Waals surface area (Å²) in [6, 6.07) is 13.6. The Labute approximate surface area is 161 Å². The Morgan fingerprint density at radius 1 is 0.815 bits per heavy atom. The molecular weight excluding hydrogens is 343 g/mol. The molecule has 2 aromatic rings. The Morgan fingerprint density at radius 2 is 1.44 bits per heavy atom. The highest BCUT2D eigenvalue weighted by molar-refractivity contribution is 6.63. The highest BCUT2D eigenvalue weighted by Gasteiger charge is 2.52. The molecule has 0 aliphatic carbocycles. The molecule has 1 saturated heterocycles. The van der Waals surface area contributed by atoms with Gasteiger partial charge in [-0.05, 0) is 51.5 Å². The first-order valence-corrected chi connectivity index (χ1v) is 9.05. The van der Waals surface area contributed by atoms with E-state index in [-0.39, 0.29) is 0 Å². The van der Waals surface area contributed by atoms with Gasteiger partial charge in [0, 0.05) is 5.46 Å². The number of para-hydroxylation sites is 1. The van der Waals surface area contributed by atoms with E-state index in [9.17, 15) is 0 Å². The summed E-state index contributed by atoms with van der Waals surface area (Å²) in [6.45, 7) is 8.57. The average molecular weight is 370 g/mol. The maximum Gasteiger partial charge on any atom is 0.498 e. The fourth-order valence-electron chi connectivity index (χ4n) is 2.91. The lowest BCUT2D eigenvalue weighted by molar-refractivity contribution is 0.00578. The zero-order valence-corrected chi connectivity index (χ0v) is 16.9. The van der Waals surface area contributed by atoms with Gasteiger partial charge in [-0.15, -0.1) is 0 Å². The summed E-state index contributed by atoms with van der Waals surface area (Å²) in [4.78, 5) is 0. The van der Waals surface area contributed by atoms with Gasteiger partial charge in [0.05, 0.1) is 25.4 Å². The molecule has 1 aliphatic heterocycles. The number of hydrogen-bond donors (Lipinski definition) is 0. The molecule has 0 N–H and O–H groups in total. The van der Waals surface area contributed by atoms with E-state index in [4.69, 9.17) is 23.5 Å². The lowest BCUT2D eigenvalue weighted by Gasteiger charge is -2.32. The summed E-state index contributed by atoms with van der Waals surface area (Å²) in [5, 5.41) is 0. The molecule has 27 heavy (non-hydrogen) atoms. The lowest BCUT2D eigenvalue weighted by atomic mass is 9.78. The Hall–Kier alpha value is -2.18. The van der Waals surface area contributed by atoms with Crippen molar-refractivity contribution in [1.29, 1.82) is 0 Å². The Bertz CT molecular complexity index is 787. The molecular formula is C21H27BO5. The van der Waals surface area contributed by atoms with Crippen molar-refractivity contribution in [2.75, 3.05) is 14.2 Å². The monoisotopic (exact) mass is 370 g/mol. The number of rotatable bonds is 6. The second-order valence-corrected chi connectivity index (χ2v) is 7.60. The van der Waals surface area contributed by atoms with Crippen molar-refractivity contribution in [3.05, 3.63) is 48.0 Å². The van der Waals surface area contributed by atoms with E-state index in [1.54, 1.807) is 14.2 Å². The van der Waals surface area contributed by atoms with Crippen LogP contribution in [0.4, 0.5) is 0 Å². The molecule has 2 aromatic carbocycles. The highest BCUT2D eigenvalue weighted by atomic mass is 16.7. The molecule has 144 valence electrons. The zero-order chi connectivity index (χ0) is 19.7. The van der Waals surface area contributed by atoms with Gasteiger partial charge in [-0.3, -0.25) is 0 Å². The van der Waals surface area contributed by atoms with Crippen LogP contribution in [-0.4, -0.2) is 32.5 Å². The van der Waals surface area contributed by atoms with E-state index in [0.29, 0.717) is 18.1 Å². The van der Waals surface area contributed by atoms with Crippen LogP contribution in [0.1, 0.15) is 33.3 Å². The minimum absolute atomic E-state index is 0.395. The maximum atomic E-state index is 6.17. The van der Waals surface area contributed by atoms with Crippen molar-refractivity contribution < 1.29 is 23.5 Å². The van der Waals surface area contributed by atoms with Crippen LogP contribution in [0.2, 0.25) is 0 Å². The normalized spacial score (nSPS) is 17.6. The minimum Gasteiger partial charge on any atom is -0.493 e. The van der Waals surface area contributed by atoms with E-state index in [1.165, 1.54) is 0 Å². The predicted octanol–water partition coefficient (Wildman–Crippen LogP) is 3.58. The van der Waals surface area contributed by atoms with Crippen molar-refractivity contribution >= 4 is 12.6 Å². The molecule has 1 heterocycles. The molecule has 6 heteroatoms. The van der Waals surface area contributed by atoms with E-state index >= 15 is 0 Å². The Kier molecular flexibility index (Phi) is 5.40. The summed E-state index contributed by atoms with van der Waals surface area (Å²) < 4.78 is 29.1. The molecule has 1 fully saturated rings. The fourth-order valence-corrected chi connectivity index (χ4v) is 2.91. The Balaban J connectivity index is 1.78. The molecule has 0 spiro atoms. The van der Waals surface area contributed by atoms with Crippen LogP contribution >= 0.6 is 0 Å². The molecule has 0 unspecified atom stereocenters. The molecule has 0 saturated carbocycles. The minimum atomic E-state index is -0.461. The molecule has 0 bridgehead atoms. The topological polar surface area (TPSA) is 46.2 Å². The van der Waals surface area contributed by atoms with Crippen molar-refractivity contribution in [1.82, 2.24) is 0 Å². The van der Waals surface area contributed by atoms with Crippen LogP contribution in [0.15, 0.2) is 42.5 Å². The van der Waals surface area contributed by atoms with E-state index in [2.05, 4.69) is 0 Å². The maximum absolute atomic E-state index is 6.17.